The molecule has 0 radical (unpaired) electrons. The van der Waals surface area contributed by atoms with Crippen molar-refractivity contribution in [2.45, 2.75) is 19.9 Å². The lowest BCUT2D eigenvalue weighted by atomic mass is 10.3. The molecule has 0 bridgehead atoms. The van der Waals surface area contributed by atoms with Crippen molar-refractivity contribution in [3.05, 3.63) is 5.82 Å². The van der Waals surface area contributed by atoms with E-state index in [2.05, 4.69) is 20.8 Å². The van der Waals surface area contributed by atoms with E-state index in [1.165, 1.54) is 0 Å². The van der Waals surface area contributed by atoms with Crippen molar-refractivity contribution < 1.29 is 4.79 Å². The number of rotatable bonds is 3. The van der Waals surface area contributed by atoms with Crippen molar-refractivity contribution in [1.29, 1.82) is 0 Å². The average Bonchev–Trinajstić information content (AvgIpc) is 2.77. The summed E-state index contributed by atoms with van der Waals surface area (Å²) in [5.41, 5.74) is 0. The molecule has 1 aromatic heterocycles. The Bertz CT molecular complexity index is 357. The molecule has 1 amide bonds. The second kappa shape index (κ2) is 5.02. The van der Waals surface area contributed by atoms with Crippen LogP contribution in [-0.4, -0.2) is 57.2 Å². The van der Waals surface area contributed by atoms with Gasteiger partial charge in [-0.3, -0.25) is 4.79 Å². The summed E-state index contributed by atoms with van der Waals surface area (Å²) in [5, 5.41) is 14.4. The summed E-state index contributed by atoms with van der Waals surface area (Å²) in [7, 11) is 0. The monoisotopic (exact) mass is 224 g/mol. The Labute approximate surface area is 93.8 Å². The van der Waals surface area contributed by atoms with Gasteiger partial charge in [0.2, 0.25) is 5.91 Å². The highest BCUT2D eigenvalue weighted by Gasteiger charge is 2.17. The largest absolute Gasteiger partial charge is 0.339 e. The third kappa shape index (κ3) is 2.35. The highest BCUT2D eigenvalue weighted by atomic mass is 16.2. The zero-order chi connectivity index (χ0) is 11.4. The molecule has 1 aliphatic rings. The molecule has 2 rings (SSSR count). The van der Waals surface area contributed by atoms with Gasteiger partial charge in [0.1, 0.15) is 6.54 Å². The van der Waals surface area contributed by atoms with E-state index in [4.69, 9.17) is 0 Å². The Hall–Kier alpha value is -1.50. The van der Waals surface area contributed by atoms with Crippen LogP contribution in [-0.2, 0) is 17.8 Å². The molecule has 0 spiro atoms. The zero-order valence-corrected chi connectivity index (χ0v) is 9.39. The van der Waals surface area contributed by atoms with Gasteiger partial charge in [-0.05, 0) is 10.4 Å². The molecule has 1 aromatic rings. The molecule has 16 heavy (non-hydrogen) atoms. The molecular weight excluding hydrogens is 208 g/mol. The predicted molar refractivity (Wildman–Crippen MR) is 56.6 cm³/mol. The Morgan fingerprint density at radius 1 is 1.44 bits per heavy atom. The van der Waals surface area contributed by atoms with Crippen LogP contribution in [0.2, 0.25) is 0 Å². The van der Waals surface area contributed by atoms with Crippen LogP contribution in [0.3, 0.4) is 0 Å². The Balaban J connectivity index is 1.95. The van der Waals surface area contributed by atoms with Gasteiger partial charge in [0.25, 0.3) is 0 Å². The molecular formula is C9H16N6O. The SMILES string of the molecule is CCc1nnnn1CC(=O)N1CCNCC1. The second-order valence-corrected chi connectivity index (χ2v) is 3.74. The standard InChI is InChI=1S/C9H16N6O/c1-2-8-11-12-13-15(8)7-9(16)14-5-3-10-4-6-14/h10H,2-7H2,1H3. The van der Waals surface area contributed by atoms with Crippen molar-refractivity contribution in [3.8, 4) is 0 Å². The highest BCUT2D eigenvalue weighted by Crippen LogP contribution is 1.98. The van der Waals surface area contributed by atoms with Gasteiger partial charge in [-0.2, -0.15) is 0 Å². The molecule has 0 aliphatic carbocycles. The van der Waals surface area contributed by atoms with E-state index in [1.807, 2.05) is 11.8 Å². The number of hydrogen-bond donors (Lipinski definition) is 1. The lowest BCUT2D eigenvalue weighted by Gasteiger charge is -2.27. The third-order valence-electron chi connectivity index (χ3n) is 2.68. The summed E-state index contributed by atoms with van der Waals surface area (Å²) in [5.74, 6) is 0.840. The van der Waals surface area contributed by atoms with Crippen LogP contribution in [0.5, 0.6) is 0 Å². The highest BCUT2D eigenvalue weighted by molar-refractivity contribution is 5.76. The molecule has 0 atom stereocenters. The van der Waals surface area contributed by atoms with Crippen LogP contribution in [0, 0.1) is 0 Å². The van der Waals surface area contributed by atoms with Gasteiger partial charge in [-0.25, -0.2) is 4.68 Å². The maximum Gasteiger partial charge on any atom is 0.244 e. The normalized spacial score (nSPS) is 16.4. The predicted octanol–water partition coefficient (Wildman–Crippen LogP) is -1.33. The number of nitrogens with one attached hydrogen (secondary N) is 1. The van der Waals surface area contributed by atoms with Crippen LogP contribution >= 0.6 is 0 Å². The minimum absolute atomic E-state index is 0.0866. The summed E-state index contributed by atoms with van der Waals surface area (Å²) in [6, 6.07) is 0. The molecule has 1 N–H and O–H groups in total. The molecule has 0 aromatic carbocycles. The molecule has 1 aliphatic heterocycles. The van der Waals surface area contributed by atoms with E-state index in [9.17, 15) is 4.79 Å². The first kappa shape index (κ1) is 11.0. The van der Waals surface area contributed by atoms with Crippen LogP contribution in [0.25, 0.3) is 0 Å². The van der Waals surface area contributed by atoms with E-state index in [-0.39, 0.29) is 12.5 Å². The molecule has 0 saturated carbocycles. The molecule has 7 heteroatoms. The van der Waals surface area contributed by atoms with Crippen molar-refractivity contribution in [3.63, 3.8) is 0 Å². The number of carbonyl (C=O) groups is 1. The molecule has 2 heterocycles. The van der Waals surface area contributed by atoms with Gasteiger partial charge in [0.15, 0.2) is 5.82 Å². The van der Waals surface area contributed by atoms with Crippen molar-refractivity contribution in [2.24, 2.45) is 0 Å². The molecule has 88 valence electrons. The number of nitrogens with zero attached hydrogens (tertiary/aromatic N) is 5. The van der Waals surface area contributed by atoms with Crippen LogP contribution in [0.15, 0.2) is 0 Å². The maximum atomic E-state index is 11.9. The minimum atomic E-state index is 0.0866. The lowest BCUT2D eigenvalue weighted by Crippen LogP contribution is -2.47. The summed E-state index contributed by atoms with van der Waals surface area (Å²) in [6.07, 6.45) is 0.738. The number of aromatic nitrogens is 4. The van der Waals surface area contributed by atoms with Gasteiger partial charge in [0.05, 0.1) is 0 Å². The van der Waals surface area contributed by atoms with Gasteiger partial charge in [-0.15, -0.1) is 5.10 Å². The zero-order valence-electron chi connectivity index (χ0n) is 9.39. The quantitative estimate of drug-likeness (QED) is 0.688. The number of carbonyl (C=O) groups excluding carboxylic acids is 1. The maximum absolute atomic E-state index is 11.9. The van der Waals surface area contributed by atoms with E-state index in [0.29, 0.717) is 0 Å². The Morgan fingerprint density at radius 2 is 2.19 bits per heavy atom. The fraction of sp³-hybridized carbons (Fsp3) is 0.778. The lowest BCUT2D eigenvalue weighted by molar-refractivity contribution is -0.132. The van der Waals surface area contributed by atoms with Crippen LogP contribution < -0.4 is 5.32 Å². The van der Waals surface area contributed by atoms with Gasteiger partial charge in [-0.1, -0.05) is 6.92 Å². The van der Waals surface area contributed by atoms with Gasteiger partial charge >= 0.3 is 0 Å². The summed E-state index contributed by atoms with van der Waals surface area (Å²) < 4.78 is 1.57. The number of hydrogen-bond acceptors (Lipinski definition) is 5. The van der Waals surface area contributed by atoms with Crippen molar-refractivity contribution >= 4 is 5.91 Å². The fourth-order valence-corrected chi connectivity index (χ4v) is 1.74. The van der Waals surface area contributed by atoms with Gasteiger partial charge in [0, 0.05) is 32.6 Å². The first-order valence-corrected chi connectivity index (χ1v) is 5.54. The van der Waals surface area contributed by atoms with E-state index < -0.39 is 0 Å². The van der Waals surface area contributed by atoms with Crippen LogP contribution in [0.1, 0.15) is 12.7 Å². The van der Waals surface area contributed by atoms with E-state index in [1.54, 1.807) is 4.68 Å². The van der Waals surface area contributed by atoms with E-state index in [0.717, 1.165) is 38.4 Å². The van der Waals surface area contributed by atoms with Crippen molar-refractivity contribution in [2.75, 3.05) is 26.2 Å². The van der Waals surface area contributed by atoms with Crippen molar-refractivity contribution in [1.82, 2.24) is 30.4 Å². The molecule has 7 nitrogen and oxygen atoms in total. The van der Waals surface area contributed by atoms with Gasteiger partial charge < -0.3 is 10.2 Å². The fourth-order valence-electron chi connectivity index (χ4n) is 1.74. The first-order chi connectivity index (χ1) is 7.81. The topological polar surface area (TPSA) is 75.9 Å². The summed E-state index contributed by atoms with van der Waals surface area (Å²) in [4.78, 5) is 13.8. The number of piperazine rings is 1. The van der Waals surface area contributed by atoms with E-state index >= 15 is 0 Å². The number of aryl methyl sites for hydroxylation is 1. The Morgan fingerprint density at radius 3 is 2.88 bits per heavy atom. The number of amides is 1. The smallest absolute Gasteiger partial charge is 0.244 e. The molecule has 1 fully saturated rings. The Kier molecular flexibility index (Phi) is 3.45. The number of tetrazole rings is 1. The summed E-state index contributed by atoms with van der Waals surface area (Å²) >= 11 is 0. The molecule has 0 unspecified atom stereocenters. The average molecular weight is 224 g/mol. The third-order valence-corrected chi connectivity index (χ3v) is 2.68. The second-order valence-electron chi connectivity index (χ2n) is 3.74. The summed E-state index contributed by atoms with van der Waals surface area (Å²) in [6.45, 7) is 5.47. The molecule has 1 saturated heterocycles. The first-order valence-electron chi connectivity index (χ1n) is 5.54. The minimum Gasteiger partial charge on any atom is -0.339 e. The van der Waals surface area contributed by atoms with Crippen LogP contribution in [0.4, 0.5) is 0 Å².